The van der Waals surface area contributed by atoms with Gasteiger partial charge in [0, 0.05) is 0 Å². The molecule has 1 aliphatic carbocycles. The third-order valence-corrected chi connectivity index (χ3v) is 2.61. The van der Waals surface area contributed by atoms with Crippen molar-refractivity contribution in [3.05, 3.63) is 0 Å². The Balaban J connectivity index is 2.65. The van der Waals surface area contributed by atoms with Crippen molar-refractivity contribution in [2.75, 3.05) is 0 Å². The molecule has 0 unspecified atom stereocenters. The van der Waals surface area contributed by atoms with E-state index in [2.05, 4.69) is 20.8 Å². The molecule has 9 heavy (non-hydrogen) atoms. The van der Waals surface area contributed by atoms with Gasteiger partial charge in [-0.15, -0.1) is 0 Å². The zero-order valence-corrected chi connectivity index (χ0v) is 7.22. The zero-order valence-electron chi connectivity index (χ0n) is 6.40. The molecule has 0 aliphatic heterocycles. The van der Waals surface area contributed by atoms with Crippen LogP contribution in [-0.4, -0.2) is 4.86 Å². The maximum absolute atomic E-state index is 5.19. The van der Waals surface area contributed by atoms with E-state index in [9.17, 15) is 0 Å². The van der Waals surface area contributed by atoms with E-state index >= 15 is 0 Å². The van der Waals surface area contributed by atoms with Gasteiger partial charge in [0.05, 0.1) is 0 Å². The van der Waals surface area contributed by atoms with Gasteiger partial charge in [0.2, 0.25) is 0 Å². The fourth-order valence-corrected chi connectivity index (χ4v) is 2.13. The van der Waals surface area contributed by atoms with Gasteiger partial charge in [0.25, 0.3) is 0 Å². The molecule has 1 aliphatic rings. The zero-order chi connectivity index (χ0) is 7.07. The highest BCUT2D eigenvalue weighted by Crippen LogP contribution is 2.38. The molecule has 0 nitrogen and oxygen atoms in total. The Labute approximate surface area is 62.6 Å². The molecule has 0 N–H and O–H groups in total. The van der Waals surface area contributed by atoms with Gasteiger partial charge in [-0.25, -0.2) is 0 Å². The quantitative estimate of drug-likeness (QED) is 0.469. The summed E-state index contributed by atoms with van der Waals surface area (Å²) in [5.41, 5.74) is 0.497. The summed E-state index contributed by atoms with van der Waals surface area (Å²) in [6, 6.07) is 0. The number of rotatable bonds is 0. The summed E-state index contributed by atoms with van der Waals surface area (Å²) < 4.78 is 0. The predicted octanol–water partition coefficient (Wildman–Crippen LogP) is 2.81. The van der Waals surface area contributed by atoms with Crippen LogP contribution in [0.4, 0.5) is 0 Å². The Morgan fingerprint density at radius 2 is 2.11 bits per heavy atom. The van der Waals surface area contributed by atoms with Gasteiger partial charge >= 0.3 is 0 Å². The van der Waals surface area contributed by atoms with Crippen LogP contribution < -0.4 is 0 Å². The predicted molar refractivity (Wildman–Crippen MR) is 44.8 cm³/mol. The molecule has 0 spiro atoms. The van der Waals surface area contributed by atoms with Crippen LogP contribution >= 0.6 is 12.2 Å². The molecule has 0 saturated heterocycles. The second-order valence-electron chi connectivity index (χ2n) is 3.91. The third-order valence-electron chi connectivity index (χ3n) is 2.06. The first kappa shape index (κ1) is 7.20. The van der Waals surface area contributed by atoms with Crippen molar-refractivity contribution in [1.82, 2.24) is 0 Å². The molecule has 0 aromatic rings. The highest BCUT2D eigenvalue weighted by Gasteiger charge is 2.31. The summed E-state index contributed by atoms with van der Waals surface area (Å²) in [4.78, 5) is 1.28. The largest absolute Gasteiger partial charge is 0.0894 e. The van der Waals surface area contributed by atoms with Crippen molar-refractivity contribution in [2.24, 2.45) is 11.3 Å². The second kappa shape index (κ2) is 2.05. The maximum atomic E-state index is 5.19. The van der Waals surface area contributed by atoms with Crippen molar-refractivity contribution in [3.63, 3.8) is 0 Å². The van der Waals surface area contributed by atoms with Crippen molar-refractivity contribution in [3.8, 4) is 0 Å². The summed E-state index contributed by atoms with van der Waals surface area (Å²) in [5.74, 6) is 0.690. The monoisotopic (exact) mass is 142 g/mol. The first-order valence-corrected chi connectivity index (χ1v) is 3.95. The summed E-state index contributed by atoms with van der Waals surface area (Å²) in [5, 5.41) is 0. The van der Waals surface area contributed by atoms with Crippen LogP contribution in [0.3, 0.4) is 0 Å². The van der Waals surface area contributed by atoms with Gasteiger partial charge in [-0.2, -0.15) is 0 Å². The molecule has 1 fully saturated rings. The van der Waals surface area contributed by atoms with Gasteiger partial charge in [0.1, 0.15) is 0 Å². The lowest BCUT2D eigenvalue weighted by molar-refractivity contribution is 0.368. The molecular weight excluding hydrogens is 128 g/mol. The number of hydrogen-bond acceptors (Lipinski definition) is 1. The maximum Gasteiger partial charge on any atom is -0.00378 e. The van der Waals surface area contributed by atoms with Crippen molar-refractivity contribution in [2.45, 2.75) is 33.6 Å². The number of hydrogen-bond donors (Lipinski definition) is 0. The average molecular weight is 142 g/mol. The van der Waals surface area contributed by atoms with Crippen LogP contribution in [0.25, 0.3) is 0 Å². The van der Waals surface area contributed by atoms with E-state index < -0.39 is 0 Å². The minimum Gasteiger partial charge on any atom is -0.0894 e. The molecule has 1 heteroatoms. The van der Waals surface area contributed by atoms with E-state index in [0.29, 0.717) is 11.3 Å². The van der Waals surface area contributed by atoms with Crippen LogP contribution in [0.1, 0.15) is 33.6 Å². The Morgan fingerprint density at radius 3 is 2.22 bits per heavy atom. The Bertz CT molecular complexity index is 136. The van der Waals surface area contributed by atoms with Crippen molar-refractivity contribution in [1.29, 1.82) is 0 Å². The van der Waals surface area contributed by atoms with Crippen LogP contribution in [0.15, 0.2) is 0 Å². The molecule has 0 bridgehead atoms. The Hall–Kier alpha value is 0.0900. The van der Waals surface area contributed by atoms with Crippen LogP contribution in [0.5, 0.6) is 0 Å². The van der Waals surface area contributed by atoms with E-state index in [1.807, 2.05) is 0 Å². The third kappa shape index (κ3) is 1.51. The van der Waals surface area contributed by atoms with Gasteiger partial charge < -0.3 is 0 Å². The van der Waals surface area contributed by atoms with Crippen molar-refractivity contribution < 1.29 is 0 Å². The highest BCUT2D eigenvalue weighted by molar-refractivity contribution is 7.80. The SMILES string of the molecule is C[C@@H]1CC(C)(C)CC1=S. The standard InChI is InChI=1S/C8H14S/c1-6-4-8(2,3)5-7(6)9/h6H,4-5H2,1-3H3/t6-/m1/s1. The molecule has 1 rings (SSSR count). The topological polar surface area (TPSA) is 0 Å². The van der Waals surface area contributed by atoms with E-state index in [1.165, 1.54) is 11.3 Å². The normalized spacial score (nSPS) is 33.2. The molecule has 1 atom stereocenters. The average Bonchev–Trinajstić information content (AvgIpc) is 1.79. The van der Waals surface area contributed by atoms with Gasteiger partial charge in [-0.3, -0.25) is 0 Å². The fraction of sp³-hybridized carbons (Fsp3) is 0.875. The Kier molecular flexibility index (Phi) is 1.64. The smallest absolute Gasteiger partial charge is 0.00378 e. The lowest BCUT2D eigenvalue weighted by Gasteiger charge is -2.14. The molecule has 1 saturated carbocycles. The molecular formula is C8H14S. The van der Waals surface area contributed by atoms with E-state index in [1.54, 1.807) is 0 Å². The van der Waals surface area contributed by atoms with E-state index in [4.69, 9.17) is 12.2 Å². The molecule has 0 radical (unpaired) electrons. The molecule has 0 aromatic carbocycles. The van der Waals surface area contributed by atoms with E-state index in [-0.39, 0.29) is 0 Å². The molecule has 0 amide bonds. The second-order valence-corrected chi connectivity index (χ2v) is 4.44. The first-order chi connectivity index (χ1) is 4.01. The van der Waals surface area contributed by atoms with Crippen LogP contribution in [-0.2, 0) is 0 Å². The first-order valence-electron chi connectivity index (χ1n) is 3.54. The van der Waals surface area contributed by atoms with Gasteiger partial charge in [0.15, 0.2) is 0 Å². The van der Waals surface area contributed by atoms with E-state index in [0.717, 1.165) is 6.42 Å². The summed E-state index contributed by atoms with van der Waals surface area (Å²) in [7, 11) is 0. The number of thiocarbonyl (C=S) groups is 1. The van der Waals surface area contributed by atoms with Crippen LogP contribution in [0.2, 0.25) is 0 Å². The lowest BCUT2D eigenvalue weighted by atomic mass is 9.91. The lowest BCUT2D eigenvalue weighted by Crippen LogP contribution is -2.03. The summed E-state index contributed by atoms with van der Waals surface area (Å²) in [6.07, 6.45) is 2.44. The minimum absolute atomic E-state index is 0.497. The Morgan fingerprint density at radius 1 is 1.56 bits per heavy atom. The fourth-order valence-electron chi connectivity index (χ4n) is 1.66. The summed E-state index contributed by atoms with van der Waals surface area (Å²) >= 11 is 5.19. The van der Waals surface area contributed by atoms with Crippen molar-refractivity contribution >= 4 is 17.1 Å². The molecule has 52 valence electrons. The van der Waals surface area contributed by atoms with Gasteiger partial charge in [-0.05, 0) is 29.0 Å². The summed E-state index contributed by atoms with van der Waals surface area (Å²) in [6.45, 7) is 6.82. The molecule has 0 heterocycles. The van der Waals surface area contributed by atoms with Crippen LogP contribution in [0, 0.1) is 11.3 Å². The molecule has 0 aromatic heterocycles. The highest BCUT2D eigenvalue weighted by atomic mass is 32.1. The minimum atomic E-state index is 0.497. The van der Waals surface area contributed by atoms with Gasteiger partial charge in [-0.1, -0.05) is 33.0 Å².